The zero-order chi connectivity index (χ0) is 22.6. The van der Waals surface area contributed by atoms with E-state index in [1.807, 2.05) is 18.2 Å². The van der Waals surface area contributed by atoms with E-state index in [1.165, 1.54) is 26.9 Å². The maximum Gasteiger partial charge on any atom is 0.225 e. The third-order valence-electron chi connectivity index (χ3n) is 4.74. The molecule has 0 bridgehead atoms. The number of rotatable bonds is 13. The van der Waals surface area contributed by atoms with Gasteiger partial charge in [0.2, 0.25) is 11.7 Å². The van der Waals surface area contributed by atoms with E-state index in [1.54, 1.807) is 26.4 Å². The Morgan fingerprint density at radius 1 is 0.774 bits per heavy atom. The molecule has 2 N–H and O–H groups in total. The highest BCUT2D eigenvalue weighted by Crippen LogP contribution is 2.39. The third kappa shape index (κ3) is 6.96. The molecule has 8 nitrogen and oxygen atoms in total. The number of carbonyl (C=O) groups is 1. The van der Waals surface area contributed by atoms with Crippen LogP contribution < -0.4 is 34.3 Å². The number of nitrogens with one attached hydrogen (secondary N) is 2. The Kier molecular flexibility index (Phi) is 9.77. The van der Waals surface area contributed by atoms with Gasteiger partial charge in [0.25, 0.3) is 0 Å². The monoisotopic (exact) mass is 432 g/mol. The number of hydrogen-bond acceptors (Lipinski definition) is 7. The van der Waals surface area contributed by atoms with Crippen molar-refractivity contribution in [1.29, 1.82) is 0 Å². The summed E-state index contributed by atoms with van der Waals surface area (Å²) in [5.74, 6) is 2.83. The van der Waals surface area contributed by atoms with Crippen molar-refractivity contribution in [3.63, 3.8) is 0 Å². The largest absolute Gasteiger partial charge is 0.493 e. The summed E-state index contributed by atoms with van der Waals surface area (Å²) in [5.41, 5.74) is 1.77. The number of ether oxygens (including phenoxy) is 5. The molecule has 0 fully saturated rings. The minimum Gasteiger partial charge on any atom is -0.493 e. The highest BCUT2D eigenvalue weighted by atomic mass is 16.5. The molecule has 8 heteroatoms. The van der Waals surface area contributed by atoms with E-state index < -0.39 is 0 Å². The van der Waals surface area contributed by atoms with Crippen molar-refractivity contribution in [3.8, 4) is 28.7 Å². The molecular formula is C23H32N2O6. The first-order valence-electron chi connectivity index (χ1n) is 10.1. The number of benzene rings is 2. The van der Waals surface area contributed by atoms with Gasteiger partial charge in [0.1, 0.15) is 0 Å². The van der Waals surface area contributed by atoms with Crippen molar-refractivity contribution in [3.05, 3.63) is 35.9 Å². The van der Waals surface area contributed by atoms with Crippen LogP contribution in [0.3, 0.4) is 0 Å². The van der Waals surface area contributed by atoms with Crippen LogP contribution in [0.15, 0.2) is 30.3 Å². The van der Waals surface area contributed by atoms with Crippen LogP contribution in [0.25, 0.3) is 0 Å². The van der Waals surface area contributed by atoms with Crippen molar-refractivity contribution in [2.45, 2.75) is 19.3 Å². The van der Waals surface area contributed by atoms with Crippen molar-refractivity contribution in [2.24, 2.45) is 0 Å². The van der Waals surface area contributed by atoms with E-state index in [-0.39, 0.29) is 5.91 Å². The van der Waals surface area contributed by atoms with Gasteiger partial charge in [-0.1, -0.05) is 6.07 Å². The molecule has 1 amide bonds. The van der Waals surface area contributed by atoms with Gasteiger partial charge < -0.3 is 34.3 Å². The molecule has 2 aromatic carbocycles. The first kappa shape index (κ1) is 24.1. The lowest BCUT2D eigenvalue weighted by Gasteiger charge is -2.14. The predicted molar refractivity (Wildman–Crippen MR) is 120 cm³/mol. The van der Waals surface area contributed by atoms with Crippen molar-refractivity contribution in [1.82, 2.24) is 5.32 Å². The van der Waals surface area contributed by atoms with Crippen LogP contribution in [0, 0.1) is 0 Å². The van der Waals surface area contributed by atoms with Crippen molar-refractivity contribution in [2.75, 3.05) is 54.0 Å². The minimum atomic E-state index is -0.0957. The van der Waals surface area contributed by atoms with Crippen LogP contribution in [0.5, 0.6) is 28.7 Å². The fourth-order valence-corrected chi connectivity index (χ4v) is 3.16. The molecule has 0 spiro atoms. The number of carbonyl (C=O) groups excluding carboxylic acids is 1. The minimum absolute atomic E-state index is 0.0957. The molecule has 0 radical (unpaired) electrons. The standard InChI is InChI=1S/C23H32N2O6/c1-27-18-9-8-16(13-19(18)28-2)7-6-11-24-12-10-22(26)25-17-14-20(29-3)23(31-5)21(15-17)30-4/h8-9,13-15,24H,6-7,10-12H2,1-5H3,(H,25,26). The number of aryl methyl sites for hydroxylation is 1. The molecule has 0 aliphatic rings. The zero-order valence-corrected chi connectivity index (χ0v) is 18.9. The number of hydrogen-bond donors (Lipinski definition) is 2. The topological polar surface area (TPSA) is 87.3 Å². The van der Waals surface area contributed by atoms with Crippen LogP contribution >= 0.6 is 0 Å². The molecule has 2 rings (SSSR count). The second kappa shape index (κ2) is 12.5. The Morgan fingerprint density at radius 3 is 2.00 bits per heavy atom. The average molecular weight is 433 g/mol. The van der Waals surface area contributed by atoms with Crippen LogP contribution in [0.4, 0.5) is 5.69 Å². The van der Waals surface area contributed by atoms with Gasteiger partial charge in [-0.3, -0.25) is 4.79 Å². The Morgan fingerprint density at radius 2 is 1.42 bits per heavy atom. The SMILES string of the molecule is COc1ccc(CCCNCCC(=O)Nc2cc(OC)c(OC)c(OC)c2)cc1OC. The maximum atomic E-state index is 12.3. The Bertz CT molecular complexity index is 831. The first-order valence-corrected chi connectivity index (χ1v) is 10.1. The van der Waals surface area contributed by atoms with Gasteiger partial charge in [-0.15, -0.1) is 0 Å². The second-order valence-corrected chi connectivity index (χ2v) is 6.76. The van der Waals surface area contributed by atoms with E-state index >= 15 is 0 Å². The summed E-state index contributed by atoms with van der Waals surface area (Å²) in [7, 11) is 7.87. The normalized spacial score (nSPS) is 10.4. The fourth-order valence-electron chi connectivity index (χ4n) is 3.16. The van der Waals surface area contributed by atoms with E-state index in [9.17, 15) is 4.79 Å². The van der Waals surface area contributed by atoms with Gasteiger partial charge in [0.15, 0.2) is 23.0 Å². The van der Waals surface area contributed by atoms with Gasteiger partial charge in [-0.2, -0.15) is 0 Å². The summed E-state index contributed by atoms with van der Waals surface area (Å²) in [6, 6.07) is 9.34. The number of amides is 1. The molecule has 0 aliphatic carbocycles. The summed E-state index contributed by atoms with van der Waals surface area (Å²) in [4.78, 5) is 12.3. The van der Waals surface area contributed by atoms with E-state index in [0.717, 1.165) is 30.9 Å². The van der Waals surface area contributed by atoms with Crippen LogP contribution in [0.2, 0.25) is 0 Å². The molecule has 2 aromatic rings. The summed E-state index contributed by atoms with van der Waals surface area (Å²) < 4.78 is 26.5. The van der Waals surface area contributed by atoms with E-state index in [2.05, 4.69) is 10.6 Å². The average Bonchev–Trinajstić information content (AvgIpc) is 2.80. The summed E-state index contributed by atoms with van der Waals surface area (Å²) in [5, 5.41) is 6.16. The van der Waals surface area contributed by atoms with E-state index in [4.69, 9.17) is 23.7 Å². The lowest BCUT2D eigenvalue weighted by Crippen LogP contribution is -2.23. The smallest absolute Gasteiger partial charge is 0.225 e. The fraction of sp³-hybridized carbons (Fsp3) is 0.435. The Hall–Kier alpha value is -3.13. The summed E-state index contributed by atoms with van der Waals surface area (Å²) >= 11 is 0. The molecule has 0 aromatic heterocycles. The molecule has 0 unspecified atom stereocenters. The van der Waals surface area contributed by atoms with Gasteiger partial charge in [-0.25, -0.2) is 0 Å². The number of methoxy groups -OCH3 is 5. The lowest BCUT2D eigenvalue weighted by atomic mass is 10.1. The Labute approximate surface area is 183 Å². The van der Waals surface area contributed by atoms with Crippen LogP contribution in [-0.4, -0.2) is 54.5 Å². The van der Waals surface area contributed by atoms with E-state index in [0.29, 0.717) is 35.9 Å². The predicted octanol–water partition coefficient (Wildman–Crippen LogP) is 3.28. The summed E-state index contributed by atoms with van der Waals surface area (Å²) in [6.07, 6.45) is 2.21. The molecule has 0 saturated heterocycles. The lowest BCUT2D eigenvalue weighted by molar-refractivity contribution is -0.116. The number of anilines is 1. The molecule has 0 saturated carbocycles. The molecule has 31 heavy (non-hydrogen) atoms. The molecule has 0 heterocycles. The quantitative estimate of drug-likeness (QED) is 0.470. The first-order chi connectivity index (χ1) is 15.1. The van der Waals surface area contributed by atoms with Gasteiger partial charge >= 0.3 is 0 Å². The third-order valence-corrected chi connectivity index (χ3v) is 4.74. The molecule has 170 valence electrons. The highest BCUT2D eigenvalue weighted by Gasteiger charge is 2.14. The Balaban J connectivity index is 1.74. The second-order valence-electron chi connectivity index (χ2n) is 6.76. The van der Waals surface area contributed by atoms with Gasteiger partial charge in [0.05, 0.1) is 35.5 Å². The maximum absolute atomic E-state index is 12.3. The molecule has 0 atom stereocenters. The summed E-state index contributed by atoms with van der Waals surface area (Å²) in [6.45, 7) is 1.40. The highest BCUT2D eigenvalue weighted by molar-refractivity contribution is 5.91. The van der Waals surface area contributed by atoms with Crippen molar-refractivity contribution >= 4 is 11.6 Å². The van der Waals surface area contributed by atoms with Gasteiger partial charge in [-0.05, 0) is 37.1 Å². The van der Waals surface area contributed by atoms with Crippen LogP contribution in [-0.2, 0) is 11.2 Å². The van der Waals surface area contributed by atoms with Gasteiger partial charge in [0, 0.05) is 30.8 Å². The zero-order valence-electron chi connectivity index (χ0n) is 18.9. The van der Waals surface area contributed by atoms with Crippen LogP contribution in [0.1, 0.15) is 18.4 Å². The molecule has 0 aliphatic heterocycles. The van der Waals surface area contributed by atoms with Crippen molar-refractivity contribution < 1.29 is 28.5 Å². The molecular weight excluding hydrogens is 400 g/mol.